The van der Waals surface area contributed by atoms with Crippen molar-refractivity contribution in [2.24, 2.45) is 11.8 Å². The zero-order valence-corrected chi connectivity index (χ0v) is 19.2. The van der Waals surface area contributed by atoms with E-state index in [0.29, 0.717) is 22.3 Å². The Morgan fingerprint density at radius 2 is 1.51 bits per heavy atom. The fourth-order valence-electron chi connectivity index (χ4n) is 6.33. The first-order chi connectivity index (χ1) is 17.7. The molecule has 1 saturated heterocycles. The molecule has 0 saturated carbocycles. The zero-order valence-electron chi connectivity index (χ0n) is 19.2. The highest BCUT2D eigenvalue weighted by Gasteiger charge is 2.74. The number of rotatable bonds is 4. The Hall–Kier alpha value is -4.93. The number of hydrogen-bond donors (Lipinski definition) is 0. The summed E-state index contributed by atoms with van der Waals surface area (Å²) in [5.74, 6) is -5.64. The molecule has 0 aromatic heterocycles. The molecule has 0 radical (unpaired) electrons. The molecule has 1 fully saturated rings. The van der Waals surface area contributed by atoms with Crippen LogP contribution in [0.15, 0.2) is 66.7 Å². The number of ether oxygens (including phenoxy) is 1. The third-order valence-electron chi connectivity index (χ3n) is 7.51. The second kappa shape index (κ2) is 7.53. The molecule has 2 atom stereocenters. The SMILES string of the molecule is CC(=O)Oc1ccc(N2C(=O)[C@@H]3[C@@H](C2=O)C2c4ccccc4C3([N+](=O)[O-])c3ccccc32)cc1[N+](=O)[O-]. The predicted octanol–water partition coefficient (Wildman–Crippen LogP) is 3.31. The Balaban J connectivity index is 1.57. The third kappa shape index (κ3) is 2.73. The summed E-state index contributed by atoms with van der Waals surface area (Å²) < 4.78 is 4.89. The van der Waals surface area contributed by atoms with E-state index in [4.69, 9.17) is 4.74 Å². The molecule has 0 unspecified atom stereocenters. The molecule has 2 bridgehead atoms. The molecule has 1 aliphatic heterocycles. The number of carbonyl (C=O) groups is 3. The van der Waals surface area contributed by atoms with E-state index in [0.717, 1.165) is 24.0 Å². The summed E-state index contributed by atoms with van der Waals surface area (Å²) in [6.45, 7) is 1.08. The van der Waals surface area contributed by atoms with Crippen LogP contribution in [0.1, 0.15) is 35.1 Å². The van der Waals surface area contributed by atoms with E-state index in [1.807, 2.05) is 0 Å². The summed E-state index contributed by atoms with van der Waals surface area (Å²) in [5.41, 5.74) is -0.804. The second-order valence-electron chi connectivity index (χ2n) is 9.19. The van der Waals surface area contributed by atoms with E-state index >= 15 is 0 Å². The van der Waals surface area contributed by atoms with Crippen molar-refractivity contribution in [3.05, 3.63) is 109 Å². The fourth-order valence-corrected chi connectivity index (χ4v) is 6.33. The fraction of sp³-hybridized carbons (Fsp3) is 0.192. The molecular formula is C26H17N3O8. The van der Waals surface area contributed by atoms with Crippen molar-refractivity contribution in [3.8, 4) is 5.75 Å². The molecule has 0 spiro atoms. The first-order valence-corrected chi connectivity index (χ1v) is 11.4. The van der Waals surface area contributed by atoms with E-state index < -0.39 is 56.6 Å². The average Bonchev–Trinajstić information content (AvgIpc) is 3.14. The van der Waals surface area contributed by atoms with Crippen LogP contribution in [0, 0.1) is 32.1 Å². The maximum absolute atomic E-state index is 14.0. The molecule has 11 nitrogen and oxygen atoms in total. The van der Waals surface area contributed by atoms with Crippen LogP contribution in [0.25, 0.3) is 0 Å². The van der Waals surface area contributed by atoms with Gasteiger partial charge in [0.1, 0.15) is 5.92 Å². The molecule has 184 valence electrons. The van der Waals surface area contributed by atoms with Crippen molar-refractivity contribution >= 4 is 29.2 Å². The molecule has 0 N–H and O–H groups in total. The average molecular weight is 499 g/mol. The van der Waals surface area contributed by atoms with Crippen LogP contribution in [-0.4, -0.2) is 27.6 Å². The number of amides is 2. The second-order valence-corrected chi connectivity index (χ2v) is 9.19. The minimum Gasteiger partial charge on any atom is -0.419 e. The quantitative estimate of drug-likeness (QED) is 0.174. The van der Waals surface area contributed by atoms with Crippen LogP contribution < -0.4 is 9.64 Å². The number of esters is 1. The van der Waals surface area contributed by atoms with Crippen molar-refractivity contribution in [2.45, 2.75) is 18.4 Å². The highest BCUT2D eigenvalue weighted by Crippen LogP contribution is 2.64. The van der Waals surface area contributed by atoms with Gasteiger partial charge in [0.15, 0.2) is 0 Å². The normalized spacial score (nSPS) is 24.8. The maximum Gasteiger partial charge on any atom is 0.313 e. The maximum atomic E-state index is 14.0. The molecule has 1 heterocycles. The van der Waals surface area contributed by atoms with Crippen molar-refractivity contribution < 1.29 is 29.0 Å². The number of imide groups is 1. The van der Waals surface area contributed by atoms with Crippen LogP contribution in [0.4, 0.5) is 11.4 Å². The molecule has 37 heavy (non-hydrogen) atoms. The van der Waals surface area contributed by atoms with Crippen molar-refractivity contribution in [1.29, 1.82) is 0 Å². The van der Waals surface area contributed by atoms with Gasteiger partial charge in [-0.25, -0.2) is 4.90 Å². The van der Waals surface area contributed by atoms with Gasteiger partial charge in [-0.1, -0.05) is 48.5 Å². The van der Waals surface area contributed by atoms with Gasteiger partial charge in [-0.15, -0.1) is 0 Å². The largest absolute Gasteiger partial charge is 0.419 e. The summed E-state index contributed by atoms with van der Waals surface area (Å²) in [6.07, 6.45) is 0. The molecule has 3 aromatic rings. The topological polar surface area (TPSA) is 150 Å². The van der Waals surface area contributed by atoms with Gasteiger partial charge >= 0.3 is 11.7 Å². The predicted molar refractivity (Wildman–Crippen MR) is 126 cm³/mol. The molecule has 7 rings (SSSR count). The van der Waals surface area contributed by atoms with Crippen molar-refractivity contribution in [2.75, 3.05) is 4.90 Å². The van der Waals surface area contributed by atoms with Gasteiger partial charge in [-0.2, -0.15) is 0 Å². The minimum absolute atomic E-state index is 0.127. The Morgan fingerprint density at radius 3 is 2.05 bits per heavy atom. The summed E-state index contributed by atoms with van der Waals surface area (Å²) >= 11 is 0. The van der Waals surface area contributed by atoms with Crippen LogP contribution in [0.2, 0.25) is 0 Å². The highest BCUT2D eigenvalue weighted by molar-refractivity contribution is 6.23. The van der Waals surface area contributed by atoms with Crippen LogP contribution >= 0.6 is 0 Å². The van der Waals surface area contributed by atoms with E-state index in [9.17, 15) is 34.6 Å². The highest BCUT2D eigenvalue weighted by atomic mass is 16.6. The summed E-state index contributed by atoms with van der Waals surface area (Å²) in [7, 11) is 0. The summed E-state index contributed by atoms with van der Waals surface area (Å²) in [5, 5.41) is 24.6. The van der Waals surface area contributed by atoms with Crippen LogP contribution in [-0.2, 0) is 19.9 Å². The lowest BCUT2D eigenvalue weighted by molar-refractivity contribution is -0.578. The standard InChI is InChI=1S/C26H17N3O8/c1-13(30)37-20-11-10-14(12-19(20)28(33)34)27-24(31)22-21-15-6-2-4-8-17(15)26(29(35)36,23(22)25(27)32)18-9-5-3-7-16(18)21/h2-12,21-23H,1H3/t21?,22-,23-,26?/m0/s1. The summed E-state index contributed by atoms with van der Waals surface area (Å²) in [6, 6.07) is 16.9. The number of benzene rings is 3. The van der Waals surface area contributed by atoms with E-state index in [-0.39, 0.29) is 11.4 Å². The smallest absolute Gasteiger partial charge is 0.313 e. The number of nitrogens with zero attached hydrogens (tertiary/aromatic N) is 3. The lowest BCUT2D eigenvalue weighted by Crippen LogP contribution is -2.57. The van der Waals surface area contributed by atoms with E-state index in [2.05, 4.69) is 0 Å². The van der Waals surface area contributed by atoms with Gasteiger partial charge in [0, 0.05) is 35.0 Å². The number of carbonyl (C=O) groups excluding carboxylic acids is 3. The first-order valence-electron chi connectivity index (χ1n) is 11.4. The number of nitro benzene ring substituents is 1. The molecule has 2 amide bonds. The molecule has 3 aromatic carbocycles. The van der Waals surface area contributed by atoms with Gasteiger partial charge in [0.2, 0.25) is 17.6 Å². The Bertz CT molecular complexity index is 1530. The van der Waals surface area contributed by atoms with Crippen LogP contribution in [0.3, 0.4) is 0 Å². The minimum atomic E-state index is -2.00. The third-order valence-corrected chi connectivity index (χ3v) is 7.51. The number of hydrogen-bond acceptors (Lipinski definition) is 8. The molecular weight excluding hydrogens is 482 g/mol. The lowest BCUT2D eigenvalue weighted by Gasteiger charge is -2.48. The van der Waals surface area contributed by atoms with Crippen molar-refractivity contribution in [3.63, 3.8) is 0 Å². The monoisotopic (exact) mass is 499 g/mol. The van der Waals surface area contributed by atoms with Gasteiger partial charge < -0.3 is 4.74 Å². The zero-order chi connectivity index (χ0) is 26.2. The Morgan fingerprint density at radius 1 is 0.919 bits per heavy atom. The van der Waals surface area contributed by atoms with E-state index in [1.54, 1.807) is 48.5 Å². The van der Waals surface area contributed by atoms with Crippen molar-refractivity contribution in [1.82, 2.24) is 0 Å². The number of anilines is 1. The van der Waals surface area contributed by atoms with E-state index in [1.165, 1.54) is 6.07 Å². The first kappa shape index (κ1) is 22.5. The van der Waals surface area contributed by atoms with Gasteiger partial charge in [0.05, 0.1) is 16.5 Å². The molecule has 4 aliphatic rings. The van der Waals surface area contributed by atoms with Gasteiger partial charge in [-0.05, 0) is 23.3 Å². The number of nitro groups is 2. The Kier molecular flexibility index (Phi) is 4.59. The Labute approximate surface area is 208 Å². The summed E-state index contributed by atoms with van der Waals surface area (Å²) in [4.78, 5) is 63.4. The van der Waals surface area contributed by atoms with Gasteiger partial charge in [0.25, 0.3) is 5.54 Å². The lowest BCUT2D eigenvalue weighted by atomic mass is 9.51. The molecule has 11 heteroatoms. The molecule has 3 aliphatic carbocycles. The van der Waals surface area contributed by atoms with Crippen LogP contribution in [0.5, 0.6) is 5.75 Å². The van der Waals surface area contributed by atoms with Gasteiger partial charge in [-0.3, -0.25) is 34.6 Å².